The number of fused-ring (bicyclic) bond motifs is 1. The number of aromatic nitrogens is 2. The van der Waals surface area contributed by atoms with Crippen LogP contribution in [0.15, 0.2) is 60.9 Å². The molecule has 3 nitrogen and oxygen atoms in total. The minimum absolute atomic E-state index is 0.577. The molecule has 0 amide bonds. The second kappa shape index (κ2) is 6.01. The molecule has 1 aromatic heterocycles. The van der Waals surface area contributed by atoms with Gasteiger partial charge in [0.05, 0.1) is 11.9 Å². The Hall–Kier alpha value is -2.39. The van der Waals surface area contributed by atoms with Crippen LogP contribution in [0.5, 0.6) is 0 Å². The molecule has 1 N–H and O–H groups in total. The fraction of sp³-hybridized carbons (Fsp3) is 0.250. The molecular formula is C20H21N3. The Balaban J connectivity index is 1.73. The minimum atomic E-state index is 0.577. The van der Waals surface area contributed by atoms with E-state index in [1.165, 1.54) is 22.3 Å². The van der Waals surface area contributed by atoms with E-state index >= 15 is 0 Å². The lowest BCUT2D eigenvalue weighted by atomic mass is 9.88. The average molecular weight is 303 g/mol. The van der Waals surface area contributed by atoms with Crippen molar-refractivity contribution in [3.63, 3.8) is 0 Å². The Kier molecular flexibility index (Phi) is 3.72. The molecule has 1 aliphatic heterocycles. The number of para-hydroxylation sites is 1. The van der Waals surface area contributed by atoms with Crippen molar-refractivity contribution in [2.24, 2.45) is 0 Å². The molecule has 1 atom stereocenters. The molecule has 23 heavy (non-hydrogen) atoms. The van der Waals surface area contributed by atoms with Crippen molar-refractivity contribution >= 4 is 0 Å². The topological polar surface area (TPSA) is 29.9 Å². The van der Waals surface area contributed by atoms with Crippen LogP contribution in [0, 0.1) is 0 Å². The Morgan fingerprint density at radius 2 is 2.00 bits per heavy atom. The van der Waals surface area contributed by atoms with Gasteiger partial charge in [-0.15, -0.1) is 0 Å². The minimum Gasteiger partial charge on any atom is -0.310 e. The maximum Gasteiger partial charge on any atom is 0.0645 e. The molecule has 2 heterocycles. The molecule has 116 valence electrons. The van der Waals surface area contributed by atoms with Crippen LogP contribution in [0.2, 0.25) is 0 Å². The molecule has 1 unspecified atom stereocenters. The van der Waals surface area contributed by atoms with Crippen LogP contribution in [-0.2, 0) is 13.0 Å². The number of benzene rings is 2. The van der Waals surface area contributed by atoms with Gasteiger partial charge in [-0.2, -0.15) is 5.10 Å². The Labute approximate surface area is 137 Å². The standard InChI is InChI=1S/C20H21N3/c1-2-17-11-20-15(12-21-17)7-6-10-19(20)16-13-22-23(14-16)18-8-4-3-5-9-18/h3-10,13-14,17,21H,2,11-12H2,1H3. The highest BCUT2D eigenvalue weighted by molar-refractivity contribution is 5.68. The largest absolute Gasteiger partial charge is 0.310 e. The lowest BCUT2D eigenvalue weighted by Crippen LogP contribution is -2.35. The first-order valence-electron chi connectivity index (χ1n) is 8.29. The summed E-state index contributed by atoms with van der Waals surface area (Å²) in [6.45, 7) is 3.22. The predicted molar refractivity (Wildman–Crippen MR) is 93.6 cm³/mol. The van der Waals surface area contributed by atoms with Gasteiger partial charge in [0.1, 0.15) is 0 Å². The number of rotatable bonds is 3. The summed E-state index contributed by atoms with van der Waals surface area (Å²) >= 11 is 0. The maximum atomic E-state index is 4.55. The van der Waals surface area contributed by atoms with E-state index in [0.717, 1.165) is 25.1 Å². The fourth-order valence-electron chi connectivity index (χ4n) is 3.36. The van der Waals surface area contributed by atoms with Gasteiger partial charge in [0.15, 0.2) is 0 Å². The average Bonchev–Trinajstić information content (AvgIpc) is 3.11. The van der Waals surface area contributed by atoms with Crippen molar-refractivity contribution in [1.82, 2.24) is 15.1 Å². The maximum absolute atomic E-state index is 4.55. The summed E-state index contributed by atoms with van der Waals surface area (Å²) in [6, 6.07) is 17.5. The van der Waals surface area contributed by atoms with Crippen molar-refractivity contribution in [2.45, 2.75) is 32.4 Å². The van der Waals surface area contributed by atoms with Crippen LogP contribution >= 0.6 is 0 Å². The smallest absolute Gasteiger partial charge is 0.0645 e. The van der Waals surface area contributed by atoms with E-state index in [2.05, 4.69) is 53.9 Å². The Morgan fingerprint density at radius 3 is 2.83 bits per heavy atom. The van der Waals surface area contributed by atoms with Gasteiger partial charge in [-0.05, 0) is 41.7 Å². The number of nitrogens with zero attached hydrogens (tertiary/aromatic N) is 2. The summed E-state index contributed by atoms with van der Waals surface area (Å²) in [5.41, 5.74) is 6.51. The van der Waals surface area contributed by atoms with E-state index in [9.17, 15) is 0 Å². The van der Waals surface area contributed by atoms with Gasteiger partial charge in [0.25, 0.3) is 0 Å². The zero-order valence-corrected chi connectivity index (χ0v) is 13.4. The number of hydrogen-bond acceptors (Lipinski definition) is 2. The van der Waals surface area contributed by atoms with Gasteiger partial charge in [-0.3, -0.25) is 0 Å². The molecule has 0 saturated heterocycles. The molecule has 0 bridgehead atoms. The molecule has 3 aromatic rings. The van der Waals surface area contributed by atoms with Crippen LogP contribution in [0.1, 0.15) is 24.5 Å². The molecule has 0 aliphatic carbocycles. The van der Waals surface area contributed by atoms with Gasteiger partial charge in [0, 0.05) is 24.3 Å². The van der Waals surface area contributed by atoms with E-state index in [-0.39, 0.29) is 0 Å². The third-order valence-corrected chi connectivity index (χ3v) is 4.71. The second-order valence-electron chi connectivity index (χ2n) is 6.14. The quantitative estimate of drug-likeness (QED) is 0.793. The third kappa shape index (κ3) is 2.68. The molecule has 0 fully saturated rings. The van der Waals surface area contributed by atoms with Crippen molar-refractivity contribution in [1.29, 1.82) is 0 Å². The zero-order chi connectivity index (χ0) is 15.6. The first-order chi connectivity index (χ1) is 11.3. The molecule has 1 aliphatic rings. The van der Waals surface area contributed by atoms with Crippen LogP contribution in [0.4, 0.5) is 0 Å². The molecule has 0 saturated carbocycles. The predicted octanol–water partition coefficient (Wildman–Crippen LogP) is 3.96. The first-order valence-corrected chi connectivity index (χ1v) is 8.29. The monoisotopic (exact) mass is 303 g/mol. The Morgan fingerprint density at radius 1 is 1.13 bits per heavy atom. The highest BCUT2D eigenvalue weighted by Crippen LogP contribution is 2.30. The number of hydrogen-bond donors (Lipinski definition) is 1. The van der Waals surface area contributed by atoms with Crippen molar-refractivity contribution in [2.75, 3.05) is 0 Å². The summed E-state index contributed by atoms with van der Waals surface area (Å²) in [7, 11) is 0. The number of nitrogens with one attached hydrogen (secondary N) is 1. The van der Waals surface area contributed by atoms with E-state index < -0.39 is 0 Å². The van der Waals surface area contributed by atoms with Crippen LogP contribution in [0.25, 0.3) is 16.8 Å². The SMILES string of the molecule is CCC1Cc2c(cccc2-c2cnn(-c3ccccc3)c2)CN1. The molecular weight excluding hydrogens is 282 g/mol. The molecule has 2 aromatic carbocycles. The fourth-order valence-corrected chi connectivity index (χ4v) is 3.36. The van der Waals surface area contributed by atoms with Crippen LogP contribution in [-0.4, -0.2) is 15.8 Å². The summed E-state index contributed by atoms with van der Waals surface area (Å²) in [4.78, 5) is 0. The zero-order valence-electron chi connectivity index (χ0n) is 13.4. The van der Waals surface area contributed by atoms with Gasteiger partial charge < -0.3 is 5.32 Å². The van der Waals surface area contributed by atoms with E-state index in [1.54, 1.807) is 0 Å². The molecule has 0 spiro atoms. The van der Waals surface area contributed by atoms with E-state index in [4.69, 9.17) is 0 Å². The third-order valence-electron chi connectivity index (χ3n) is 4.71. The lowest BCUT2D eigenvalue weighted by molar-refractivity contribution is 0.468. The summed E-state index contributed by atoms with van der Waals surface area (Å²) in [5.74, 6) is 0. The molecule has 4 rings (SSSR count). The highest BCUT2D eigenvalue weighted by atomic mass is 15.3. The van der Waals surface area contributed by atoms with Crippen LogP contribution in [0.3, 0.4) is 0 Å². The highest BCUT2D eigenvalue weighted by Gasteiger charge is 2.20. The van der Waals surface area contributed by atoms with Crippen molar-refractivity contribution in [3.05, 3.63) is 72.1 Å². The van der Waals surface area contributed by atoms with Gasteiger partial charge in [0.2, 0.25) is 0 Å². The van der Waals surface area contributed by atoms with E-state index in [1.807, 2.05) is 29.1 Å². The van der Waals surface area contributed by atoms with Crippen LogP contribution < -0.4 is 5.32 Å². The normalized spacial score (nSPS) is 17.0. The Bertz CT molecular complexity index is 805. The van der Waals surface area contributed by atoms with E-state index in [0.29, 0.717) is 6.04 Å². The van der Waals surface area contributed by atoms with Gasteiger partial charge in [-0.1, -0.05) is 43.3 Å². The molecule has 3 heteroatoms. The molecule has 0 radical (unpaired) electrons. The summed E-state index contributed by atoms with van der Waals surface area (Å²) in [5, 5.41) is 8.17. The van der Waals surface area contributed by atoms with Gasteiger partial charge in [-0.25, -0.2) is 4.68 Å². The van der Waals surface area contributed by atoms with Crippen molar-refractivity contribution in [3.8, 4) is 16.8 Å². The summed E-state index contributed by atoms with van der Waals surface area (Å²) in [6.07, 6.45) is 6.37. The van der Waals surface area contributed by atoms with Gasteiger partial charge >= 0.3 is 0 Å². The lowest BCUT2D eigenvalue weighted by Gasteiger charge is -2.27. The first kappa shape index (κ1) is 14.2. The second-order valence-corrected chi connectivity index (χ2v) is 6.14. The van der Waals surface area contributed by atoms with Crippen molar-refractivity contribution < 1.29 is 0 Å². The summed E-state index contributed by atoms with van der Waals surface area (Å²) < 4.78 is 1.95.